The van der Waals surface area contributed by atoms with Gasteiger partial charge in [0.05, 0.1) is 23.3 Å². The van der Waals surface area contributed by atoms with Gasteiger partial charge in [0.2, 0.25) is 0 Å². The first-order chi connectivity index (χ1) is 11.3. The maximum Gasteiger partial charge on any atom is 0.337 e. The van der Waals surface area contributed by atoms with E-state index in [-0.39, 0.29) is 16.1 Å². The van der Waals surface area contributed by atoms with Gasteiger partial charge in [-0.25, -0.2) is 13.2 Å². The highest BCUT2D eigenvalue weighted by Gasteiger charge is 2.21. The molecule has 0 amide bonds. The molecule has 24 heavy (non-hydrogen) atoms. The summed E-state index contributed by atoms with van der Waals surface area (Å²) >= 11 is 0. The second-order valence-corrected chi connectivity index (χ2v) is 6.96. The number of ether oxygens (including phenoxy) is 1. The number of sulfonamides is 1. The van der Waals surface area contributed by atoms with Crippen LogP contribution in [0.15, 0.2) is 41.3 Å². The van der Waals surface area contributed by atoms with Crippen LogP contribution in [0.4, 0.5) is 5.69 Å². The van der Waals surface area contributed by atoms with E-state index in [1.807, 2.05) is 6.92 Å². The van der Waals surface area contributed by atoms with E-state index in [0.29, 0.717) is 17.7 Å². The average Bonchev–Trinajstić information content (AvgIpc) is 2.56. The van der Waals surface area contributed by atoms with E-state index in [9.17, 15) is 18.3 Å². The summed E-state index contributed by atoms with van der Waals surface area (Å²) in [4.78, 5) is 11.5. The summed E-state index contributed by atoms with van der Waals surface area (Å²) in [6.45, 7) is 3.58. The fourth-order valence-electron chi connectivity index (χ4n) is 2.32. The summed E-state index contributed by atoms with van der Waals surface area (Å²) in [6, 6.07) is 9.12. The molecule has 0 aliphatic carbocycles. The Hall–Kier alpha value is -2.54. The number of hydrogen-bond donors (Lipinski definition) is 2. The molecule has 0 radical (unpaired) electrons. The third kappa shape index (κ3) is 3.68. The maximum absolute atomic E-state index is 12.5. The fraction of sp³-hybridized carbons (Fsp3) is 0.235. The normalized spacial score (nSPS) is 11.1. The molecule has 0 bridgehead atoms. The first-order valence-corrected chi connectivity index (χ1v) is 8.80. The Labute approximate surface area is 141 Å². The van der Waals surface area contributed by atoms with E-state index in [0.717, 1.165) is 5.56 Å². The number of methoxy groups -OCH3 is 1. The predicted molar refractivity (Wildman–Crippen MR) is 91.3 cm³/mol. The van der Waals surface area contributed by atoms with Gasteiger partial charge >= 0.3 is 5.97 Å². The minimum absolute atomic E-state index is 0.0265. The molecule has 0 saturated heterocycles. The van der Waals surface area contributed by atoms with E-state index < -0.39 is 16.0 Å². The summed E-state index contributed by atoms with van der Waals surface area (Å²) in [6.07, 6.45) is 0.659. The molecular weight excluding hydrogens is 330 g/mol. The third-order valence-corrected chi connectivity index (χ3v) is 5.01. The lowest BCUT2D eigenvalue weighted by Crippen LogP contribution is -2.17. The average molecular weight is 349 g/mol. The first-order valence-electron chi connectivity index (χ1n) is 7.32. The van der Waals surface area contributed by atoms with Crippen molar-refractivity contribution in [3.63, 3.8) is 0 Å². The maximum atomic E-state index is 12.5. The van der Waals surface area contributed by atoms with Crippen LogP contribution >= 0.6 is 0 Å². The Balaban J connectivity index is 2.47. The number of carboxylic acid groups (broad SMARTS) is 1. The summed E-state index contributed by atoms with van der Waals surface area (Å²) in [7, 11) is -2.42. The van der Waals surface area contributed by atoms with Crippen molar-refractivity contribution < 1.29 is 23.1 Å². The fourth-order valence-corrected chi connectivity index (χ4v) is 3.47. The van der Waals surface area contributed by atoms with Gasteiger partial charge in [-0.2, -0.15) is 0 Å². The van der Waals surface area contributed by atoms with Crippen molar-refractivity contribution in [1.29, 1.82) is 0 Å². The zero-order valence-electron chi connectivity index (χ0n) is 13.7. The van der Waals surface area contributed by atoms with Crippen LogP contribution in [0.2, 0.25) is 0 Å². The number of aromatic carboxylic acids is 1. The number of anilines is 1. The summed E-state index contributed by atoms with van der Waals surface area (Å²) < 4.78 is 32.5. The smallest absolute Gasteiger partial charge is 0.337 e. The highest BCUT2D eigenvalue weighted by Crippen LogP contribution is 2.27. The molecule has 0 aliphatic heterocycles. The van der Waals surface area contributed by atoms with E-state index in [2.05, 4.69) is 4.72 Å². The standard InChI is InChI=1S/C17H19NO5S/c1-4-12-9-11(2)16(15(10-12)17(19)20)18-24(21,22)14-7-5-13(23-3)6-8-14/h5-10,18H,4H2,1-3H3,(H,19,20). The van der Waals surface area contributed by atoms with Crippen LogP contribution in [0.5, 0.6) is 5.75 Å². The minimum Gasteiger partial charge on any atom is -0.497 e. The molecule has 0 fully saturated rings. The van der Waals surface area contributed by atoms with Crippen LogP contribution in [0, 0.1) is 6.92 Å². The third-order valence-electron chi connectivity index (χ3n) is 3.64. The Morgan fingerprint density at radius 1 is 1.21 bits per heavy atom. The van der Waals surface area contributed by atoms with Gasteiger partial charge in [0.1, 0.15) is 5.75 Å². The number of nitrogens with one attached hydrogen (secondary N) is 1. The molecule has 6 nitrogen and oxygen atoms in total. The van der Waals surface area contributed by atoms with Gasteiger partial charge in [-0.1, -0.05) is 13.0 Å². The number of rotatable bonds is 6. The lowest BCUT2D eigenvalue weighted by molar-refractivity contribution is 0.0698. The van der Waals surface area contributed by atoms with Crippen molar-refractivity contribution in [2.75, 3.05) is 11.8 Å². The first kappa shape index (κ1) is 17.8. The van der Waals surface area contributed by atoms with Gasteiger partial charge in [-0.3, -0.25) is 4.72 Å². The molecule has 7 heteroatoms. The van der Waals surface area contributed by atoms with Gasteiger partial charge in [0, 0.05) is 0 Å². The molecule has 0 atom stereocenters. The topological polar surface area (TPSA) is 92.7 Å². The molecule has 2 aromatic rings. The van der Waals surface area contributed by atoms with Crippen LogP contribution in [0.25, 0.3) is 0 Å². The Kier molecular flexibility index (Phi) is 5.14. The van der Waals surface area contributed by atoms with Crippen LogP contribution in [-0.4, -0.2) is 26.6 Å². The summed E-state index contributed by atoms with van der Waals surface area (Å²) in [5.74, 6) is -0.649. The monoisotopic (exact) mass is 349 g/mol. The van der Waals surface area contributed by atoms with Crippen molar-refractivity contribution in [3.8, 4) is 5.75 Å². The van der Waals surface area contributed by atoms with E-state index >= 15 is 0 Å². The van der Waals surface area contributed by atoms with E-state index in [1.54, 1.807) is 13.0 Å². The van der Waals surface area contributed by atoms with Crippen molar-refractivity contribution >= 4 is 21.7 Å². The van der Waals surface area contributed by atoms with Gasteiger partial charge < -0.3 is 9.84 Å². The molecule has 2 rings (SSSR count). The molecule has 0 heterocycles. The molecule has 2 N–H and O–H groups in total. The van der Waals surface area contributed by atoms with Crippen LogP contribution in [-0.2, 0) is 16.4 Å². The predicted octanol–water partition coefficient (Wildman–Crippen LogP) is 3.07. The highest BCUT2D eigenvalue weighted by atomic mass is 32.2. The van der Waals surface area contributed by atoms with Crippen molar-refractivity contribution in [1.82, 2.24) is 0 Å². The lowest BCUT2D eigenvalue weighted by Gasteiger charge is -2.15. The second-order valence-electron chi connectivity index (χ2n) is 5.28. The number of carbonyl (C=O) groups is 1. The van der Waals surface area contributed by atoms with E-state index in [4.69, 9.17) is 4.74 Å². The molecule has 2 aromatic carbocycles. The molecule has 0 unspecified atom stereocenters. The quantitative estimate of drug-likeness (QED) is 0.836. The van der Waals surface area contributed by atoms with Crippen molar-refractivity contribution in [2.45, 2.75) is 25.2 Å². The summed E-state index contributed by atoms with van der Waals surface area (Å²) in [5, 5.41) is 9.39. The molecule has 0 aliphatic rings. The SMILES string of the molecule is CCc1cc(C)c(NS(=O)(=O)c2ccc(OC)cc2)c(C(=O)O)c1. The Morgan fingerprint density at radius 3 is 2.33 bits per heavy atom. The van der Waals surface area contributed by atoms with Gasteiger partial charge in [-0.05, 0) is 54.8 Å². The van der Waals surface area contributed by atoms with Crippen LogP contribution < -0.4 is 9.46 Å². The molecule has 0 spiro atoms. The lowest BCUT2D eigenvalue weighted by atomic mass is 10.0. The number of aryl methyl sites for hydroxylation is 2. The minimum atomic E-state index is -3.91. The second kappa shape index (κ2) is 6.92. The van der Waals surface area contributed by atoms with Gasteiger partial charge in [0.15, 0.2) is 0 Å². The van der Waals surface area contributed by atoms with Crippen LogP contribution in [0.3, 0.4) is 0 Å². The Morgan fingerprint density at radius 2 is 1.83 bits per heavy atom. The van der Waals surface area contributed by atoms with Crippen molar-refractivity contribution in [3.05, 3.63) is 53.1 Å². The zero-order valence-corrected chi connectivity index (χ0v) is 14.5. The molecule has 0 saturated carbocycles. The van der Waals surface area contributed by atoms with Gasteiger partial charge in [-0.15, -0.1) is 0 Å². The molecule has 0 aromatic heterocycles. The van der Waals surface area contributed by atoms with Crippen LogP contribution in [0.1, 0.15) is 28.4 Å². The Bertz CT molecular complexity index is 857. The van der Waals surface area contributed by atoms with Crippen molar-refractivity contribution in [2.24, 2.45) is 0 Å². The number of benzene rings is 2. The van der Waals surface area contributed by atoms with Gasteiger partial charge in [0.25, 0.3) is 10.0 Å². The zero-order chi connectivity index (χ0) is 17.9. The highest BCUT2D eigenvalue weighted by molar-refractivity contribution is 7.92. The largest absolute Gasteiger partial charge is 0.497 e. The number of hydrogen-bond acceptors (Lipinski definition) is 4. The number of carboxylic acids is 1. The summed E-state index contributed by atoms with van der Waals surface area (Å²) in [5.41, 5.74) is 1.40. The molecular formula is C17H19NO5S. The molecule has 128 valence electrons. The van der Waals surface area contributed by atoms with E-state index in [1.165, 1.54) is 37.4 Å².